The Bertz CT molecular complexity index is 418. The summed E-state index contributed by atoms with van der Waals surface area (Å²) >= 11 is 0. The second-order valence-electron chi connectivity index (χ2n) is 2.75. The molecule has 0 spiro atoms. The summed E-state index contributed by atoms with van der Waals surface area (Å²) in [5, 5.41) is 8.67. The molecular weight excluding hydrogens is 174 g/mol. The predicted octanol–water partition coefficient (Wildman–Crippen LogP) is 0.841. The van der Waals surface area contributed by atoms with Crippen molar-refractivity contribution in [3.8, 4) is 17.9 Å². The number of nitrogens with zero attached hydrogens (tertiary/aromatic N) is 1. The van der Waals surface area contributed by atoms with Gasteiger partial charge in [-0.2, -0.15) is 5.26 Å². The minimum Gasteiger partial charge on any atom is -0.398 e. The Hall–Kier alpha value is -1.97. The van der Waals surface area contributed by atoms with E-state index in [2.05, 4.69) is 11.8 Å². The first-order valence-corrected chi connectivity index (χ1v) is 4.26. The van der Waals surface area contributed by atoms with Gasteiger partial charge in [0, 0.05) is 24.2 Å². The summed E-state index contributed by atoms with van der Waals surface area (Å²) < 4.78 is 0. The minimum absolute atomic E-state index is 0.533. The molecule has 0 saturated carbocycles. The second kappa shape index (κ2) is 4.91. The van der Waals surface area contributed by atoms with Crippen LogP contribution in [0.1, 0.15) is 17.5 Å². The Morgan fingerprint density at radius 1 is 1.36 bits per heavy atom. The molecule has 70 valence electrons. The third-order valence-electron chi connectivity index (χ3n) is 1.67. The van der Waals surface area contributed by atoms with Gasteiger partial charge in [0.1, 0.15) is 0 Å². The van der Waals surface area contributed by atoms with Crippen molar-refractivity contribution in [2.45, 2.75) is 6.42 Å². The Morgan fingerprint density at radius 2 is 2.14 bits per heavy atom. The normalized spacial score (nSPS) is 8.57. The van der Waals surface area contributed by atoms with Gasteiger partial charge in [-0.15, -0.1) is 0 Å². The van der Waals surface area contributed by atoms with Gasteiger partial charge in [-0.3, -0.25) is 0 Å². The maximum atomic E-state index is 8.67. The van der Waals surface area contributed by atoms with Gasteiger partial charge in [0.2, 0.25) is 0 Å². The van der Waals surface area contributed by atoms with Crippen molar-refractivity contribution in [3.63, 3.8) is 0 Å². The van der Waals surface area contributed by atoms with Crippen LogP contribution < -0.4 is 11.5 Å². The third kappa shape index (κ3) is 2.52. The van der Waals surface area contributed by atoms with Crippen molar-refractivity contribution < 1.29 is 0 Å². The highest BCUT2D eigenvalue weighted by molar-refractivity contribution is 5.58. The summed E-state index contributed by atoms with van der Waals surface area (Å²) in [4.78, 5) is 0. The van der Waals surface area contributed by atoms with E-state index in [4.69, 9.17) is 16.7 Å². The topological polar surface area (TPSA) is 75.8 Å². The fraction of sp³-hybridized carbons (Fsp3) is 0.182. The minimum atomic E-state index is 0.533. The number of anilines is 1. The molecule has 0 saturated heterocycles. The SMILES string of the molecule is N#Cc1ccc(N)c(C#CCCN)c1. The molecule has 0 heterocycles. The highest BCUT2D eigenvalue weighted by Crippen LogP contribution is 2.12. The van der Waals surface area contributed by atoms with E-state index in [1.165, 1.54) is 0 Å². The van der Waals surface area contributed by atoms with Crippen LogP contribution in [0, 0.1) is 23.2 Å². The van der Waals surface area contributed by atoms with Crippen LogP contribution in [0.4, 0.5) is 5.69 Å². The molecule has 0 radical (unpaired) electrons. The summed E-state index contributed by atoms with van der Waals surface area (Å²) in [6.07, 6.45) is 0.635. The van der Waals surface area contributed by atoms with Crippen LogP contribution >= 0.6 is 0 Å². The summed E-state index contributed by atoms with van der Waals surface area (Å²) in [6, 6.07) is 7.07. The van der Waals surface area contributed by atoms with E-state index in [1.807, 2.05) is 6.07 Å². The van der Waals surface area contributed by atoms with E-state index in [9.17, 15) is 0 Å². The Balaban J connectivity index is 2.98. The Morgan fingerprint density at radius 3 is 2.79 bits per heavy atom. The molecule has 0 aliphatic rings. The van der Waals surface area contributed by atoms with Crippen molar-refractivity contribution in [3.05, 3.63) is 29.3 Å². The van der Waals surface area contributed by atoms with Gasteiger partial charge in [0.05, 0.1) is 11.6 Å². The van der Waals surface area contributed by atoms with Gasteiger partial charge in [-0.05, 0) is 18.2 Å². The van der Waals surface area contributed by atoms with Gasteiger partial charge in [-0.1, -0.05) is 11.8 Å². The van der Waals surface area contributed by atoms with Crippen molar-refractivity contribution in [2.24, 2.45) is 5.73 Å². The average Bonchev–Trinajstić information content (AvgIpc) is 2.21. The van der Waals surface area contributed by atoms with E-state index >= 15 is 0 Å². The van der Waals surface area contributed by atoms with Crippen LogP contribution in [0.25, 0.3) is 0 Å². The maximum absolute atomic E-state index is 8.67. The standard InChI is InChI=1S/C11H11N3/c12-6-2-1-3-10-7-9(8-13)4-5-11(10)14/h4-5,7H,2,6,12,14H2. The Kier molecular flexibility index (Phi) is 3.55. The third-order valence-corrected chi connectivity index (χ3v) is 1.67. The van der Waals surface area contributed by atoms with E-state index in [0.717, 1.165) is 0 Å². The van der Waals surface area contributed by atoms with Gasteiger partial charge in [-0.25, -0.2) is 0 Å². The largest absolute Gasteiger partial charge is 0.398 e. The van der Waals surface area contributed by atoms with E-state index in [1.54, 1.807) is 18.2 Å². The highest BCUT2D eigenvalue weighted by atomic mass is 14.6. The van der Waals surface area contributed by atoms with Crippen molar-refractivity contribution in [2.75, 3.05) is 12.3 Å². The molecule has 4 N–H and O–H groups in total. The van der Waals surface area contributed by atoms with Crippen LogP contribution in [0.5, 0.6) is 0 Å². The van der Waals surface area contributed by atoms with Gasteiger partial charge in [0.25, 0.3) is 0 Å². The first-order chi connectivity index (χ1) is 6.77. The molecule has 1 rings (SSSR count). The van der Waals surface area contributed by atoms with Crippen LogP contribution in [-0.4, -0.2) is 6.54 Å². The summed E-state index contributed by atoms with van der Waals surface area (Å²) in [5.41, 5.74) is 12.8. The zero-order valence-electron chi connectivity index (χ0n) is 7.75. The highest BCUT2D eigenvalue weighted by Gasteiger charge is 1.96. The second-order valence-corrected chi connectivity index (χ2v) is 2.75. The monoisotopic (exact) mass is 185 g/mol. The summed E-state index contributed by atoms with van der Waals surface area (Å²) in [7, 11) is 0. The molecule has 14 heavy (non-hydrogen) atoms. The number of benzene rings is 1. The van der Waals surface area contributed by atoms with Crippen LogP contribution in [0.3, 0.4) is 0 Å². The number of nitriles is 1. The number of nitrogens with two attached hydrogens (primary N) is 2. The summed E-state index contributed by atoms with van der Waals surface area (Å²) in [5.74, 6) is 5.76. The molecule has 0 aromatic heterocycles. The molecule has 1 aromatic rings. The average molecular weight is 185 g/mol. The first-order valence-electron chi connectivity index (χ1n) is 4.26. The zero-order chi connectivity index (χ0) is 10.4. The number of rotatable bonds is 1. The molecule has 0 amide bonds. The molecule has 0 aliphatic carbocycles. The van der Waals surface area contributed by atoms with Gasteiger partial charge < -0.3 is 11.5 Å². The number of hydrogen-bond donors (Lipinski definition) is 2. The predicted molar refractivity (Wildman–Crippen MR) is 56.1 cm³/mol. The van der Waals surface area contributed by atoms with E-state index in [0.29, 0.717) is 29.8 Å². The zero-order valence-corrected chi connectivity index (χ0v) is 7.75. The number of nitrogen functional groups attached to an aromatic ring is 1. The van der Waals surface area contributed by atoms with E-state index in [-0.39, 0.29) is 0 Å². The molecule has 3 nitrogen and oxygen atoms in total. The smallest absolute Gasteiger partial charge is 0.0992 e. The lowest BCUT2D eigenvalue weighted by Crippen LogP contribution is -1.96. The molecule has 1 aromatic carbocycles. The molecule has 0 atom stereocenters. The van der Waals surface area contributed by atoms with Crippen LogP contribution in [0.15, 0.2) is 18.2 Å². The molecule has 3 heteroatoms. The van der Waals surface area contributed by atoms with Crippen molar-refractivity contribution in [1.82, 2.24) is 0 Å². The van der Waals surface area contributed by atoms with Gasteiger partial charge >= 0.3 is 0 Å². The molecule has 0 aliphatic heterocycles. The summed E-state index contributed by atoms with van der Waals surface area (Å²) in [6.45, 7) is 0.533. The Labute approximate surface area is 83.3 Å². The van der Waals surface area contributed by atoms with Gasteiger partial charge in [0.15, 0.2) is 0 Å². The maximum Gasteiger partial charge on any atom is 0.0992 e. The van der Waals surface area contributed by atoms with E-state index < -0.39 is 0 Å². The molecule has 0 fully saturated rings. The van der Waals surface area contributed by atoms with Crippen molar-refractivity contribution in [1.29, 1.82) is 5.26 Å². The van der Waals surface area contributed by atoms with Crippen LogP contribution in [-0.2, 0) is 0 Å². The molecule has 0 bridgehead atoms. The van der Waals surface area contributed by atoms with Crippen molar-refractivity contribution >= 4 is 5.69 Å². The lowest BCUT2D eigenvalue weighted by atomic mass is 10.1. The quantitative estimate of drug-likeness (QED) is 0.503. The lowest BCUT2D eigenvalue weighted by molar-refractivity contribution is 1.03. The fourth-order valence-electron chi connectivity index (χ4n) is 0.964. The molecule has 0 unspecified atom stereocenters. The lowest BCUT2D eigenvalue weighted by Gasteiger charge is -1.97. The molecular formula is C11H11N3. The fourth-order valence-corrected chi connectivity index (χ4v) is 0.964. The van der Waals surface area contributed by atoms with Crippen LogP contribution in [0.2, 0.25) is 0 Å². The number of hydrogen-bond acceptors (Lipinski definition) is 3. The first kappa shape index (κ1) is 10.1.